The molecule has 0 saturated carbocycles. The highest BCUT2D eigenvalue weighted by Gasteiger charge is 2.30. The summed E-state index contributed by atoms with van der Waals surface area (Å²) >= 11 is 0. The quantitative estimate of drug-likeness (QED) is 0.0794. The van der Waals surface area contributed by atoms with Crippen molar-refractivity contribution in [3.8, 4) is 51.4 Å². The number of rotatable bonds is 18. The van der Waals surface area contributed by atoms with Gasteiger partial charge in [0, 0.05) is 11.1 Å². The predicted molar refractivity (Wildman–Crippen MR) is 294 cm³/mol. The molecule has 0 fully saturated rings. The molecule has 9 heteroatoms. The van der Waals surface area contributed by atoms with Crippen LogP contribution in [0, 0.1) is 0 Å². The predicted octanol–water partition coefficient (Wildman–Crippen LogP) is 18.5. The Morgan fingerprint density at radius 3 is 1.01 bits per heavy atom. The molecule has 71 heavy (non-hydrogen) atoms. The number of benzene rings is 10. The van der Waals surface area contributed by atoms with Gasteiger partial charge in [0.25, 0.3) is 0 Å². The van der Waals surface area contributed by atoms with E-state index in [4.69, 9.17) is 31.9 Å². The molecule has 0 heterocycles. The summed E-state index contributed by atoms with van der Waals surface area (Å²) in [7, 11) is -4.26. The zero-order chi connectivity index (χ0) is 48.8. The third-order valence-corrected chi connectivity index (χ3v) is 14.5. The third-order valence-electron chi connectivity index (χ3n) is 12.4. The van der Waals surface area contributed by atoms with E-state index in [0.29, 0.717) is 53.1 Å². The maximum Gasteiger partial charge on any atom is 0.530 e. The highest BCUT2D eigenvalue weighted by molar-refractivity contribution is 7.43. The molecule has 0 unspecified atom stereocenters. The molecule has 7 nitrogen and oxygen atoms in total. The van der Waals surface area contributed by atoms with Crippen LogP contribution in [0.5, 0.6) is 40.2 Å². The van der Waals surface area contributed by atoms with E-state index < -0.39 is 17.2 Å². The van der Waals surface area contributed by atoms with Crippen LogP contribution in [0.25, 0.3) is 54.2 Å². The topological polar surface area (TPSA) is 64.6 Å². The van der Waals surface area contributed by atoms with E-state index in [2.05, 4.69) is 125 Å². The standard InChI is InChI=1S/C62H56O7P2/c1-7-43-33-53(41(3)4)39-59(61(43)68-70(64-54-29-25-45-17-9-13-21-49(45)35-54)65-55-30-26-46-18-10-14-22-50(46)36-55)60-40-58(63-42(5)6)34-44(8-2)62(60)69-71(66-56-31-27-47-19-11-15-23-51(47)37-56)67-57-32-28-48-20-12-16-24-52(48)38-57/h9-42H,7-8H2,1-6H3. The Kier molecular flexibility index (Phi) is 14.3. The van der Waals surface area contributed by atoms with Crippen molar-refractivity contribution in [2.75, 3.05) is 0 Å². The van der Waals surface area contributed by atoms with Gasteiger partial charge in [-0.15, -0.1) is 0 Å². The fourth-order valence-electron chi connectivity index (χ4n) is 8.69. The van der Waals surface area contributed by atoms with E-state index in [9.17, 15) is 0 Å². The lowest BCUT2D eigenvalue weighted by Gasteiger charge is -2.26. The first kappa shape index (κ1) is 47.4. The van der Waals surface area contributed by atoms with Crippen molar-refractivity contribution in [3.05, 3.63) is 211 Å². The lowest BCUT2D eigenvalue weighted by Crippen LogP contribution is -2.09. The van der Waals surface area contributed by atoms with E-state index in [-0.39, 0.29) is 12.0 Å². The number of hydrogen-bond acceptors (Lipinski definition) is 7. The van der Waals surface area contributed by atoms with Crippen molar-refractivity contribution in [2.45, 2.75) is 66.4 Å². The second-order valence-corrected chi connectivity index (χ2v) is 20.1. The Hall–Kier alpha value is -7.30. The van der Waals surface area contributed by atoms with Crippen molar-refractivity contribution in [2.24, 2.45) is 0 Å². The molecule has 0 aromatic heterocycles. The molecule has 0 atom stereocenters. The van der Waals surface area contributed by atoms with Crippen LogP contribution in [0.3, 0.4) is 0 Å². The van der Waals surface area contributed by atoms with E-state index >= 15 is 0 Å². The van der Waals surface area contributed by atoms with Crippen molar-refractivity contribution in [3.63, 3.8) is 0 Å². The summed E-state index contributed by atoms with van der Waals surface area (Å²) in [5.74, 6) is 4.60. The third kappa shape index (κ3) is 11.0. The van der Waals surface area contributed by atoms with Gasteiger partial charge in [-0.3, -0.25) is 0 Å². The molecule has 0 amide bonds. The summed E-state index contributed by atoms with van der Waals surface area (Å²) in [6.45, 7) is 12.8. The zero-order valence-corrected chi connectivity index (χ0v) is 42.6. The minimum Gasteiger partial charge on any atom is -0.491 e. The second-order valence-electron chi connectivity index (χ2n) is 18.1. The molecular formula is C62H56O7P2. The fourth-order valence-corrected chi connectivity index (χ4v) is 10.8. The van der Waals surface area contributed by atoms with Crippen LogP contribution >= 0.6 is 17.2 Å². The molecule has 0 aliphatic carbocycles. The van der Waals surface area contributed by atoms with Crippen molar-refractivity contribution >= 4 is 60.3 Å². The molecule has 0 saturated heterocycles. The van der Waals surface area contributed by atoms with Gasteiger partial charge < -0.3 is 31.9 Å². The average molecular weight is 975 g/mol. The Bertz CT molecular complexity index is 3340. The SMILES string of the molecule is CCc1cc(OC(C)C)cc(-c2cc(C(C)C)cc(CC)c2OP(Oc2ccc3ccccc3c2)Oc2ccc3ccccc3c2)c1OP(Oc1ccc2ccccc2c1)Oc1ccc2ccccc2c1. The van der Waals surface area contributed by atoms with E-state index in [1.165, 1.54) is 0 Å². The smallest absolute Gasteiger partial charge is 0.491 e. The molecule has 0 bridgehead atoms. The monoisotopic (exact) mass is 974 g/mol. The summed E-state index contributed by atoms with van der Waals surface area (Å²) in [6.07, 6.45) is 1.20. The molecule has 10 aromatic carbocycles. The van der Waals surface area contributed by atoms with Gasteiger partial charge in [-0.2, -0.15) is 0 Å². The van der Waals surface area contributed by atoms with Crippen LogP contribution in [0.4, 0.5) is 0 Å². The van der Waals surface area contributed by atoms with Crippen LogP contribution < -0.4 is 31.9 Å². The fraction of sp³-hybridized carbons (Fsp3) is 0.161. The largest absolute Gasteiger partial charge is 0.530 e. The van der Waals surface area contributed by atoms with Gasteiger partial charge in [-0.05, 0) is 159 Å². The van der Waals surface area contributed by atoms with Crippen molar-refractivity contribution < 1.29 is 31.9 Å². The Morgan fingerprint density at radius 1 is 0.338 bits per heavy atom. The molecule has 0 aliphatic rings. The van der Waals surface area contributed by atoms with Crippen LogP contribution in [-0.2, 0) is 12.8 Å². The van der Waals surface area contributed by atoms with Gasteiger partial charge in [0.1, 0.15) is 40.2 Å². The molecule has 10 rings (SSSR count). The van der Waals surface area contributed by atoms with Crippen LogP contribution in [0.15, 0.2) is 194 Å². The van der Waals surface area contributed by atoms with Gasteiger partial charge >= 0.3 is 17.2 Å². The van der Waals surface area contributed by atoms with E-state index in [0.717, 1.165) is 70.9 Å². The second kappa shape index (κ2) is 21.4. The molecule has 10 aromatic rings. The molecule has 0 N–H and O–H groups in total. The van der Waals surface area contributed by atoms with Crippen LogP contribution in [0.2, 0.25) is 0 Å². The summed E-state index contributed by atoms with van der Waals surface area (Å²) in [4.78, 5) is 0. The normalized spacial score (nSPS) is 11.6. The van der Waals surface area contributed by atoms with E-state index in [1.807, 2.05) is 111 Å². The van der Waals surface area contributed by atoms with Crippen LogP contribution in [-0.4, -0.2) is 6.10 Å². The molecule has 356 valence electrons. The van der Waals surface area contributed by atoms with Gasteiger partial charge in [-0.1, -0.05) is 155 Å². The maximum atomic E-state index is 7.28. The van der Waals surface area contributed by atoms with Gasteiger partial charge in [0.2, 0.25) is 0 Å². The lowest BCUT2D eigenvalue weighted by molar-refractivity contribution is 0.242. The highest BCUT2D eigenvalue weighted by Crippen LogP contribution is 2.54. The van der Waals surface area contributed by atoms with Crippen molar-refractivity contribution in [1.29, 1.82) is 0 Å². The number of aryl methyl sites for hydroxylation is 2. The molecule has 0 spiro atoms. The average Bonchev–Trinajstić information content (AvgIpc) is 3.38. The zero-order valence-electron chi connectivity index (χ0n) is 40.8. The van der Waals surface area contributed by atoms with Crippen molar-refractivity contribution in [1.82, 2.24) is 0 Å². The van der Waals surface area contributed by atoms with E-state index in [1.54, 1.807) is 0 Å². The summed E-state index contributed by atoms with van der Waals surface area (Å²) < 4.78 is 48.5. The summed E-state index contributed by atoms with van der Waals surface area (Å²) in [6, 6.07) is 65.7. The Morgan fingerprint density at radius 2 is 0.676 bits per heavy atom. The number of ether oxygens (including phenoxy) is 1. The highest BCUT2D eigenvalue weighted by atomic mass is 31.2. The molecular weight excluding hydrogens is 919 g/mol. The first-order chi connectivity index (χ1) is 34.7. The number of hydrogen-bond donors (Lipinski definition) is 0. The summed E-state index contributed by atoms with van der Waals surface area (Å²) in [5, 5.41) is 8.61. The lowest BCUT2D eigenvalue weighted by atomic mass is 9.91. The number of fused-ring (bicyclic) bond motifs is 4. The van der Waals surface area contributed by atoms with Crippen LogP contribution in [0.1, 0.15) is 64.2 Å². The Labute approximate surface area is 418 Å². The summed E-state index contributed by atoms with van der Waals surface area (Å²) in [5.41, 5.74) is 4.60. The minimum atomic E-state index is -2.14. The Balaban J connectivity index is 1.12. The first-order valence-electron chi connectivity index (χ1n) is 24.3. The molecule has 0 aliphatic heterocycles. The maximum absolute atomic E-state index is 7.28. The molecule has 0 radical (unpaired) electrons. The van der Waals surface area contributed by atoms with Gasteiger partial charge in [0.15, 0.2) is 0 Å². The minimum absolute atomic E-state index is 0.0913. The van der Waals surface area contributed by atoms with Gasteiger partial charge in [-0.25, -0.2) is 0 Å². The first-order valence-corrected chi connectivity index (χ1v) is 26.5. The van der Waals surface area contributed by atoms with Gasteiger partial charge in [0.05, 0.1) is 6.10 Å².